The lowest BCUT2D eigenvalue weighted by molar-refractivity contribution is 0.380. The predicted octanol–water partition coefficient (Wildman–Crippen LogP) is 15.7. The Kier molecular flexibility index (Phi) is 8.80. The fourth-order valence-electron chi connectivity index (χ4n) is 12.6. The van der Waals surface area contributed by atoms with Crippen LogP contribution in [0.5, 0.6) is 0 Å². The molecule has 6 aromatic carbocycles. The second kappa shape index (κ2) is 14.0. The summed E-state index contributed by atoms with van der Waals surface area (Å²) in [5.74, 6) is 0.579. The largest absolute Gasteiger partial charge is 0.348 e. The fourth-order valence-corrected chi connectivity index (χ4v) is 12.6. The third-order valence-corrected chi connectivity index (χ3v) is 15.2. The second-order valence-electron chi connectivity index (χ2n) is 20.6. The van der Waals surface area contributed by atoms with Crippen molar-refractivity contribution < 1.29 is 0 Å². The Morgan fingerprint density at radius 2 is 1.06 bits per heavy atom. The zero-order valence-electron chi connectivity index (χ0n) is 39.6. The lowest BCUT2D eigenvalue weighted by atomic mass is 9.69. The summed E-state index contributed by atoms with van der Waals surface area (Å²) in [6.07, 6.45) is 9.75. The number of rotatable bonds is 6. The monoisotopic (exact) mass is 836 g/mol. The van der Waals surface area contributed by atoms with E-state index in [1.165, 1.54) is 123 Å². The molecule has 64 heavy (non-hydrogen) atoms. The van der Waals surface area contributed by atoms with Crippen molar-refractivity contribution in [1.29, 1.82) is 0 Å². The summed E-state index contributed by atoms with van der Waals surface area (Å²) in [5, 5.41) is 2.51. The summed E-state index contributed by atoms with van der Waals surface area (Å²) >= 11 is 0. The smallest absolute Gasteiger partial charge is 0.0717 e. The first-order valence-electron chi connectivity index (χ1n) is 23.1. The molecule has 2 unspecified atom stereocenters. The van der Waals surface area contributed by atoms with Crippen molar-refractivity contribution in [3.63, 3.8) is 0 Å². The van der Waals surface area contributed by atoms with Crippen LogP contribution in [0, 0.1) is 40.5 Å². The van der Waals surface area contributed by atoms with Gasteiger partial charge in [-0.1, -0.05) is 100 Å². The fraction of sp³-hybridized carbons (Fsp3) is 0.267. The molecule has 2 heterocycles. The van der Waals surface area contributed by atoms with Crippen molar-refractivity contribution in [2.45, 2.75) is 86.0 Å². The average molecular weight is 837 g/mol. The van der Waals surface area contributed by atoms with E-state index in [4.69, 9.17) is 0 Å². The third kappa shape index (κ3) is 5.80. The van der Waals surface area contributed by atoms with Crippen LogP contribution in [0.4, 0.5) is 28.4 Å². The highest BCUT2D eigenvalue weighted by atomic mass is 15.2. The molecule has 3 aliphatic rings. The maximum absolute atomic E-state index is 2.63. The van der Waals surface area contributed by atoms with Gasteiger partial charge in [0.15, 0.2) is 0 Å². The molecule has 320 valence electrons. The van der Waals surface area contributed by atoms with E-state index in [-0.39, 0.29) is 16.7 Å². The number of aromatic nitrogens is 2. The van der Waals surface area contributed by atoms with Crippen LogP contribution >= 0.6 is 0 Å². The maximum Gasteiger partial charge on any atom is 0.0717 e. The molecule has 4 nitrogen and oxygen atoms in total. The van der Waals surface area contributed by atoms with Crippen molar-refractivity contribution in [2.24, 2.45) is 20.0 Å². The number of hydrogen-bond donors (Lipinski definition) is 0. The number of allylic oxidation sites excluding steroid dienone is 3. The van der Waals surface area contributed by atoms with Gasteiger partial charge in [0.2, 0.25) is 0 Å². The number of hydrogen-bond acceptors (Lipinski definition) is 2. The minimum Gasteiger partial charge on any atom is -0.348 e. The van der Waals surface area contributed by atoms with Crippen LogP contribution < -0.4 is 9.80 Å². The molecule has 8 aromatic rings. The van der Waals surface area contributed by atoms with Crippen LogP contribution in [-0.2, 0) is 24.9 Å². The minimum absolute atomic E-state index is 0.136. The van der Waals surface area contributed by atoms with Gasteiger partial charge in [0.1, 0.15) is 0 Å². The molecule has 2 atom stereocenters. The van der Waals surface area contributed by atoms with Gasteiger partial charge < -0.3 is 18.9 Å². The zero-order valence-corrected chi connectivity index (χ0v) is 39.6. The molecule has 2 aromatic heterocycles. The topological polar surface area (TPSA) is 16.3 Å². The first-order chi connectivity index (χ1) is 30.5. The Labute approximate surface area is 379 Å². The number of fused-ring (bicyclic) bond motifs is 9. The maximum atomic E-state index is 2.63. The number of nitrogens with zero attached hydrogens (tertiary/aromatic N) is 4. The molecule has 0 saturated carbocycles. The SMILES string of the molecule is CC1=CC(N(c2cc(C)cc(C)c2)c2cn(C)c3ccccc23)=CC2C1c1ccc3c(c1C2(C)C)C(C)(C)c1cc(N(c2cc(C)cc(C)c2)c2cn(C)c4ccccc24)cc(C)c1-3. The van der Waals surface area contributed by atoms with Crippen LogP contribution in [0.25, 0.3) is 32.9 Å². The minimum atomic E-state index is -0.229. The third-order valence-electron chi connectivity index (χ3n) is 15.2. The molecule has 0 bridgehead atoms. The molecular weight excluding hydrogens is 777 g/mol. The van der Waals surface area contributed by atoms with Crippen molar-refractivity contribution in [3.05, 3.63) is 195 Å². The molecular formula is C60H60N4. The Morgan fingerprint density at radius 1 is 0.547 bits per heavy atom. The Hall–Kier alpha value is -6.52. The lowest BCUT2D eigenvalue weighted by Crippen LogP contribution is -2.31. The van der Waals surface area contributed by atoms with Gasteiger partial charge in [-0.3, -0.25) is 0 Å². The van der Waals surface area contributed by atoms with Gasteiger partial charge >= 0.3 is 0 Å². The van der Waals surface area contributed by atoms with Gasteiger partial charge in [-0.15, -0.1) is 0 Å². The summed E-state index contributed by atoms with van der Waals surface area (Å²) in [6.45, 7) is 23.6. The highest BCUT2D eigenvalue weighted by Gasteiger charge is 2.52. The van der Waals surface area contributed by atoms with Gasteiger partial charge in [-0.05, 0) is 169 Å². The Morgan fingerprint density at radius 3 is 1.64 bits per heavy atom. The number of para-hydroxylation sites is 2. The summed E-state index contributed by atoms with van der Waals surface area (Å²) < 4.78 is 4.54. The van der Waals surface area contributed by atoms with E-state index in [0.717, 1.165) is 0 Å². The molecule has 0 amide bonds. The Balaban J connectivity index is 1.07. The quantitative estimate of drug-likeness (QED) is 0.166. The van der Waals surface area contributed by atoms with E-state index in [1.54, 1.807) is 0 Å². The lowest BCUT2D eigenvalue weighted by Gasteiger charge is -2.37. The average Bonchev–Trinajstić information content (AvgIpc) is 3.89. The molecule has 0 radical (unpaired) electrons. The Bertz CT molecular complexity index is 3300. The summed E-state index contributed by atoms with van der Waals surface area (Å²) in [7, 11) is 4.34. The molecule has 0 fully saturated rings. The van der Waals surface area contributed by atoms with Gasteiger partial charge in [0.05, 0.1) is 11.4 Å². The number of benzene rings is 6. The van der Waals surface area contributed by atoms with Crippen molar-refractivity contribution in [3.8, 4) is 11.1 Å². The zero-order chi connectivity index (χ0) is 44.7. The summed E-state index contributed by atoms with van der Waals surface area (Å²) in [6, 6.07) is 41.5. The van der Waals surface area contributed by atoms with Crippen molar-refractivity contribution >= 4 is 50.2 Å². The molecule has 11 rings (SSSR count). The highest BCUT2D eigenvalue weighted by Crippen LogP contribution is 2.63. The van der Waals surface area contributed by atoms with E-state index >= 15 is 0 Å². The normalized spacial score (nSPS) is 17.8. The van der Waals surface area contributed by atoms with Crippen molar-refractivity contribution in [2.75, 3.05) is 9.80 Å². The van der Waals surface area contributed by atoms with E-state index in [0.29, 0.717) is 5.92 Å². The van der Waals surface area contributed by atoms with E-state index < -0.39 is 0 Å². The standard InChI is InChI=1S/C60H60N4/c1-35-23-36(2)26-41(25-35)63(53-33-61(11)51-19-15-13-17-45(51)53)43-29-39(5)55-47-21-22-48-56-40(6)30-44(32-50(56)60(9,10)58(48)57(47)59(7,8)49(55)31-43)64(42-27-37(3)24-38(4)28-42)54-34-62(12)52-20-16-14-18-46(52)54/h13-34,49,55H,1-12H3. The first-order valence-corrected chi connectivity index (χ1v) is 23.1. The van der Waals surface area contributed by atoms with Gasteiger partial charge in [-0.2, -0.15) is 0 Å². The van der Waals surface area contributed by atoms with Gasteiger partial charge in [0, 0.05) is 82.4 Å². The van der Waals surface area contributed by atoms with Crippen LogP contribution in [-0.4, -0.2) is 9.13 Å². The van der Waals surface area contributed by atoms with E-state index in [2.05, 4.69) is 236 Å². The summed E-state index contributed by atoms with van der Waals surface area (Å²) in [4.78, 5) is 5.04. The molecule has 0 N–H and O–H groups in total. The van der Waals surface area contributed by atoms with Crippen LogP contribution in [0.3, 0.4) is 0 Å². The summed E-state index contributed by atoms with van der Waals surface area (Å²) in [5.41, 5.74) is 25.9. The molecule has 3 aliphatic carbocycles. The number of aryl methyl sites for hydroxylation is 7. The van der Waals surface area contributed by atoms with Gasteiger partial charge in [-0.25, -0.2) is 0 Å². The van der Waals surface area contributed by atoms with Crippen LogP contribution in [0.15, 0.2) is 145 Å². The van der Waals surface area contributed by atoms with Crippen LogP contribution in [0.1, 0.15) is 90.6 Å². The molecule has 0 aliphatic heterocycles. The molecule has 0 spiro atoms. The molecule has 4 heteroatoms. The second-order valence-corrected chi connectivity index (χ2v) is 20.6. The van der Waals surface area contributed by atoms with Crippen molar-refractivity contribution in [1.82, 2.24) is 9.13 Å². The van der Waals surface area contributed by atoms with E-state index in [9.17, 15) is 0 Å². The van der Waals surface area contributed by atoms with Crippen LogP contribution in [0.2, 0.25) is 0 Å². The predicted molar refractivity (Wildman–Crippen MR) is 271 cm³/mol. The highest BCUT2D eigenvalue weighted by molar-refractivity contribution is 6.00. The van der Waals surface area contributed by atoms with E-state index in [1.807, 2.05) is 0 Å². The number of anilines is 5. The molecule has 0 saturated heterocycles. The van der Waals surface area contributed by atoms with Gasteiger partial charge in [0.25, 0.3) is 0 Å². The first kappa shape index (κ1) is 40.3.